The Morgan fingerprint density at radius 1 is 1.00 bits per heavy atom. The Hall–Kier alpha value is -2.11. The zero-order valence-electron chi connectivity index (χ0n) is 10.7. The van der Waals surface area contributed by atoms with Gasteiger partial charge in [-0.05, 0) is 36.4 Å². The van der Waals surface area contributed by atoms with Gasteiger partial charge in [0.25, 0.3) is 0 Å². The smallest absolute Gasteiger partial charge is 0.223 e. The molecule has 0 unspecified atom stereocenters. The van der Waals surface area contributed by atoms with Crippen molar-refractivity contribution in [1.29, 1.82) is 0 Å². The maximum atomic E-state index is 12.5. The van der Waals surface area contributed by atoms with Crippen LogP contribution in [0.15, 0.2) is 64.5 Å². The first kappa shape index (κ1) is 13.9. The molecule has 0 saturated heterocycles. The van der Waals surface area contributed by atoms with Gasteiger partial charge in [-0.2, -0.15) is 0 Å². The van der Waals surface area contributed by atoms with Crippen LogP contribution in [0.5, 0.6) is 5.75 Å². The highest BCUT2D eigenvalue weighted by molar-refractivity contribution is 7.91. The van der Waals surface area contributed by atoms with Crippen LogP contribution in [0.3, 0.4) is 0 Å². The molecule has 0 saturated carbocycles. The van der Waals surface area contributed by atoms with Gasteiger partial charge in [0, 0.05) is 16.5 Å². The molecule has 0 fully saturated rings. The second-order valence-corrected chi connectivity index (χ2v) is 6.79. The molecule has 0 amide bonds. The second kappa shape index (κ2) is 5.02. The van der Waals surface area contributed by atoms with Gasteiger partial charge in [0.05, 0.1) is 10.4 Å². The van der Waals surface area contributed by atoms with Crippen LogP contribution in [0.25, 0.3) is 10.9 Å². The standard InChI is InChI=1S/C15H10ClNO3S/c16-10-5-7-11(8-6-10)21(19,20)15-9-14(18)12-3-1-2-4-13(12)17-15/h1-9H,(H,17,18). The van der Waals surface area contributed by atoms with Crippen molar-refractivity contribution in [2.45, 2.75) is 9.92 Å². The van der Waals surface area contributed by atoms with Crippen molar-refractivity contribution >= 4 is 32.3 Å². The molecule has 0 aliphatic carbocycles. The summed E-state index contributed by atoms with van der Waals surface area (Å²) in [6.45, 7) is 0. The Bertz CT molecular complexity index is 921. The largest absolute Gasteiger partial charge is 0.507 e. The number of halogens is 1. The number of fused-ring (bicyclic) bond motifs is 1. The van der Waals surface area contributed by atoms with E-state index in [0.29, 0.717) is 15.9 Å². The number of para-hydroxylation sites is 1. The second-order valence-electron chi connectivity index (χ2n) is 4.45. The lowest BCUT2D eigenvalue weighted by molar-refractivity contribution is 0.478. The lowest BCUT2D eigenvalue weighted by atomic mass is 10.2. The highest BCUT2D eigenvalue weighted by atomic mass is 35.5. The number of pyridine rings is 1. The summed E-state index contributed by atoms with van der Waals surface area (Å²) in [5, 5.41) is 10.7. The summed E-state index contributed by atoms with van der Waals surface area (Å²) in [6, 6.07) is 13.8. The maximum Gasteiger partial charge on any atom is 0.223 e. The molecule has 0 aliphatic heterocycles. The first-order valence-electron chi connectivity index (χ1n) is 6.08. The number of hydrogen-bond donors (Lipinski definition) is 1. The van der Waals surface area contributed by atoms with E-state index in [-0.39, 0.29) is 15.7 Å². The van der Waals surface area contributed by atoms with Gasteiger partial charge in [0.1, 0.15) is 5.75 Å². The van der Waals surface area contributed by atoms with E-state index in [1.165, 1.54) is 24.3 Å². The fourth-order valence-electron chi connectivity index (χ4n) is 2.01. The molecule has 0 atom stereocenters. The number of nitrogens with zero attached hydrogens (tertiary/aromatic N) is 1. The van der Waals surface area contributed by atoms with Crippen LogP contribution in [0.2, 0.25) is 5.02 Å². The fourth-order valence-corrected chi connectivity index (χ4v) is 3.35. The first-order valence-corrected chi connectivity index (χ1v) is 7.94. The van der Waals surface area contributed by atoms with E-state index in [4.69, 9.17) is 11.6 Å². The molecule has 1 heterocycles. The number of sulfone groups is 1. The van der Waals surface area contributed by atoms with Crippen molar-refractivity contribution in [2.75, 3.05) is 0 Å². The minimum Gasteiger partial charge on any atom is -0.507 e. The Morgan fingerprint density at radius 2 is 1.67 bits per heavy atom. The zero-order valence-corrected chi connectivity index (χ0v) is 12.3. The van der Waals surface area contributed by atoms with E-state index in [2.05, 4.69) is 4.98 Å². The van der Waals surface area contributed by atoms with Crippen molar-refractivity contribution in [3.05, 3.63) is 59.6 Å². The van der Waals surface area contributed by atoms with E-state index in [1.54, 1.807) is 24.3 Å². The van der Waals surface area contributed by atoms with Gasteiger partial charge in [0.2, 0.25) is 9.84 Å². The van der Waals surface area contributed by atoms with Crippen molar-refractivity contribution in [3.63, 3.8) is 0 Å². The lowest BCUT2D eigenvalue weighted by Crippen LogP contribution is -2.04. The molecule has 4 nitrogen and oxygen atoms in total. The molecule has 1 N–H and O–H groups in total. The maximum absolute atomic E-state index is 12.5. The number of aromatic hydroxyl groups is 1. The number of rotatable bonds is 2. The first-order chi connectivity index (χ1) is 9.98. The molecule has 2 aromatic carbocycles. The third kappa shape index (κ3) is 2.46. The lowest BCUT2D eigenvalue weighted by Gasteiger charge is -2.07. The van der Waals surface area contributed by atoms with E-state index in [1.807, 2.05) is 0 Å². The van der Waals surface area contributed by atoms with Crippen molar-refractivity contribution in [1.82, 2.24) is 4.98 Å². The number of benzene rings is 2. The average Bonchev–Trinajstić information content (AvgIpc) is 2.47. The van der Waals surface area contributed by atoms with Crippen LogP contribution in [0.1, 0.15) is 0 Å². The Morgan fingerprint density at radius 3 is 2.38 bits per heavy atom. The van der Waals surface area contributed by atoms with E-state index >= 15 is 0 Å². The average molecular weight is 320 g/mol. The third-order valence-electron chi connectivity index (χ3n) is 3.07. The highest BCUT2D eigenvalue weighted by Gasteiger charge is 2.21. The fraction of sp³-hybridized carbons (Fsp3) is 0. The van der Waals surface area contributed by atoms with Crippen molar-refractivity contribution < 1.29 is 13.5 Å². The topological polar surface area (TPSA) is 67.3 Å². The summed E-state index contributed by atoms with van der Waals surface area (Å²) in [4.78, 5) is 4.20. The SMILES string of the molecule is O=S(=O)(c1ccc(Cl)cc1)c1cc(O)c2ccccc2n1. The molecular weight excluding hydrogens is 310 g/mol. The van der Waals surface area contributed by atoms with Gasteiger partial charge in [-0.15, -0.1) is 0 Å². The van der Waals surface area contributed by atoms with Crippen LogP contribution >= 0.6 is 11.6 Å². The van der Waals surface area contributed by atoms with Crippen LogP contribution in [0, 0.1) is 0 Å². The molecule has 3 aromatic rings. The molecule has 21 heavy (non-hydrogen) atoms. The van der Waals surface area contributed by atoms with E-state index in [9.17, 15) is 13.5 Å². The Labute approximate surface area is 126 Å². The van der Waals surface area contributed by atoms with Crippen molar-refractivity contribution in [2.24, 2.45) is 0 Å². The van der Waals surface area contributed by atoms with Crippen molar-refractivity contribution in [3.8, 4) is 5.75 Å². The Kier molecular flexibility index (Phi) is 3.31. The summed E-state index contributed by atoms with van der Waals surface area (Å²) in [5.74, 6) is -0.117. The van der Waals surface area contributed by atoms with Gasteiger partial charge < -0.3 is 5.11 Å². The van der Waals surface area contributed by atoms with Gasteiger partial charge in [0.15, 0.2) is 5.03 Å². The van der Waals surface area contributed by atoms with E-state index < -0.39 is 9.84 Å². The molecule has 106 valence electrons. The van der Waals surface area contributed by atoms with Gasteiger partial charge in [-0.25, -0.2) is 13.4 Å². The predicted molar refractivity (Wildman–Crippen MR) is 80.3 cm³/mol. The highest BCUT2D eigenvalue weighted by Crippen LogP contribution is 2.29. The molecule has 6 heteroatoms. The monoisotopic (exact) mass is 319 g/mol. The van der Waals surface area contributed by atoms with Crippen LogP contribution < -0.4 is 0 Å². The molecule has 0 radical (unpaired) electrons. The summed E-state index contributed by atoms with van der Waals surface area (Å²) in [5.41, 5.74) is 0.421. The normalized spacial score (nSPS) is 11.7. The minimum atomic E-state index is -3.80. The summed E-state index contributed by atoms with van der Waals surface area (Å²) >= 11 is 5.76. The van der Waals surface area contributed by atoms with Gasteiger partial charge in [-0.1, -0.05) is 23.7 Å². The zero-order chi connectivity index (χ0) is 15.0. The third-order valence-corrected chi connectivity index (χ3v) is 4.97. The molecular formula is C15H10ClNO3S. The summed E-state index contributed by atoms with van der Waals surface area (Å²) in [7, 11) is -3.80. The van der Waals surface area contributed by atoms with Crippen LogP contribution in [0.4, 0.5) is 0 Å². The Balaban J connectivity index is 2.21. The van der Waals surface area contributed by atoms with Crippen LogP contribution in [-0.2, 0) is 9.84 Å². The molecule has 0 spiro atoms. The minimum absolute atomic E-state index is 0.0779. The van der Waals surface area contributed by atoms with E-state index in [0.717, 1.165) is 6.07 Å². The quantitative estimate of drug-likeness (QED) is 0.786. The molecule has 1 aromatic heterocycles. The number of aromatic nitrogens is 1. The van der Waals surface area contributed by atoms with Gasteiger partial charge in [-0.3, -0.25) is 0 Å². The molecule has 3 rings (SSSR count). The summed E-state index contributed by atoms with van der Waals surface area (Å²) < 4.78 is 25.0. The molecule has 0 aliphatic rings. The number of hydrogen-bond acceptors (Lipinski definition) is 4. The van der Waals surface area contributed by atoms with Crippen LogP contribution in [-0.4, -0.2) is 18.5 Å². The molecule has 0 bridgehead atoms. The predicted octanol–water partition coefficient (Wildman–Crippen LogP) is 3.43. The summed E-state index contributed by atoms with van der Waals surface area (Å²) in [6.07, 6.45) is 0. The van der Waals surface area contributed by atoms with Gasteiger partial charge >= 0.3 is 0 Å².